The van der Waals surface area contributed by atoms with E-state index in [0.29, 0.717) is 0 Å². The van der Waals surface area contributed by atoms with Crippen LogP contribution in [0.1, 0.15) is 13.8 Å². The van der Waals surface area contributed by atoms with Crippen LogP contribution in [0.3, 0.4) is 0 Å². The Morgan fingerprint density at radius 1 is 1.67 bits per heavy atom. The van der Waals surface area contributed by atoms with Crippen molar-refractivity contribution in [3.63, 3.8) is 0 Å². The molecule has 0 fully saturated rings. The fourth-order valence-corrected chi connectivity index (χ4v) is 0.420. The summed E-state index contributed by atoms with van der Waals surface area (Å²) in [5.41, 5.74) is -0.185. The van der Waals surface area contributed by atoms with Crippen molar-refractivity contribution in [3.8, 4) is 0 Å². The van der Waals surface area contributed by atoms with Crippen LogP contribution in [0.4, 0.5) is 4.39 Å². The van der Waals surface area contributed by atoms with E-state index >= 15 is 0 Å². The third-order valence-corrected chi connectivity index (χ3v) is 0.987. The minimum absolute atomic E-state index is 0.132. The molecule has 0 unspecified atom stereocenters. The summed E-state index contributed by atoms with van der Waals surface area (Å²) in [6, 6.07) is 0. The standard InChI is InChI=1S/C6H9FO2/c1-4(2)5(3-7)6(8)9/h3-4H,1-2H3,(H,8,9). The maximum Gasteiger partial charge on any atom is 0.334 e. The highest BCUT2D eigenvalue weighted by Crippen LogP contribution is 2.08. The topological polar surface area (TPSA) is 37.3 Å². The Bertz CT molecular complexity index is 138. The van der Waals surface area contributed by atoms with Crippen molar-refractivity contribution in [2.45, 2.75) is 13.8 Å². The van der Waals surface area contributed by atoms with Gasteiger partial charge >= 0.3 is 5.97 Å². The molecule has 0 rings (SSSR count). The van der Waals surface area contributed by atoms with Gasteiger partial charge < -0.3 is 5.11 Å². The van der Waals surface area contributed by atoms with Gasteiger partial charge in [0.25, 0.3) is 0 Å². The van der Waals surface area contributed by atoms with Gasteiger partial charge in [-0.1, -0.05) is 13.8 Å². The Morgan fingerprint density at radius 3 is 2.11 bits per heavy atom. The SMILES string of the molecule is CC(C)C(=CF)C(=O)O. The van der Waals surface area contributed by atoms with Gasteiger partial charge in [-0.3, -0.25) is 0 Å². The second-order valence-electron chi connectivity index (χ2n) is 2.02. The fourth-order valence-electron chi connectivity index (χ4n) is 0.420. The van der Waals surface area contributed by atoms with Crippen molar-refractivity contribution < 1.29 is 14.3 Å². The van der Waals surface area contributed by atoms with Crippen LogP contribution in [0.15, 0.2) is 11.9 Å². The molecule has 0 aromatic carbocycles. The first-order valence-electron chi connectivity index (χ1n) is 2.63. The van der Waals surface area contributed by atoms with Crippen LogP contribution in [0.2, 0.25) is 0 Å². The summed E-state index contributed by atoms with van der Waals surface area (Å²) in [6.45, 7) is 3.25. The van der Waals surface area contributed by atoms with Crippen LogP contribution in [0.5, 0.6) is 0 Å². The summed E-state index contributed by atoms with van der Waals surface area (Å²) in [6.07, 6.45) is 0.132. The third-order valence-electron chi connectivity index (χ3n) is 0.987. The molecule has 0 amide bonds. The smallest absolute Gasteiger partial charge is 0.334 e. The third kappa shape index (κ3) is 2.26. The van der Waals surface area contributed by atoms with Gasteiger partial charge in [0, 0.05) is 0 Å². The molecule has 0 radical (unpaired) electrons. The second kappa shape index (κ2) is 3.22. The molecule has 1 N–H and O–H groups in total. The second-order valence-corrected chi connectivity index (χ2v) is 2.02. The number of aliphatic carboxylic acids is 1. The Hall–Kier alpha value is -0.860. The summed E-state index contributed by atoms with van der Waals surface area (Å²) >= 11 is 0. The molecule has 0 aromatic rings. The lowest BCUT2D eigenvalue weighted by atomic mass is 10.1. The molecule has 3 heteroatoms. The van der Waals surface area contributed by atoms with E-state index in [4.69, 9.17) is 5.11 Å². The van der Waals surface area contributed by atoms with Gasteiger partial charge in [-0.15, -0.1) is 0 Å². The lowest BCUT2D eigenvalue weighted by molar-refractivity contribution is -0.133. The largest absolute Gasteiger partial charge is 0.478 e. The van der Waals surface area contributed by atoms with E-state index in [9.17, 15) is 9.18 Å². The lowest BCUT2D eigenvalue weighted by Crippen LogP contribution is -2.05. The molecule has 0 bridgehead atoms. The lowest BCUT2D eigenvalue weighted by Gasteiger charge is -2.00. The van der Waals surface area contributed by atoms with Crippen molar-refractivity contribution in [1.82, 2.24) is 0 Å². The molecular weight excluding hydrogens is 123 g/mol. The molecule has 0 aromatic heterocycles. The van der Waals surface area contributed by atoms with Crippen molar-refractivity contribution in [2.24, 2.45) is 5.92 Å². The molecular formula is C6H9FO2. The predicted octanol–water partition coefficient (Wildman–Crippen LogP) is 1.58. The highest BCUT2D eigenvalue weighted by atomic mass is 19.1. The van der Waals surface area contributed by atoms with Gasteiger partial charge in [-0.2, -0.15) is 0 Å². The minimum atomic E-state index is -1.19. The summed E-state index contributed by atoms with van der Waals surface area (Å²) in [5.74, 6) is -1.44. The quantitative estimate of drug-likeness (QED) is 0.579. The van der Waals surface area contributed by atoms with Crippen molar-refractivity contribution in [2.75, 3.05) is 0 Å². The number of halogens is 1. The minimum Gasteiger partial charge on any atom is -0.478 e. The number of rotatable bonds is 2. The predicted molar refractivity (Wildman–Crippen MR) is 31.7 cm³/mol. The Labute approximate surface area is 53.0 Å². The molecule has 0 heterocycles. The molecule has 0 aliphatic heterocycles. The first kappa shape index (κ1) is 8.14. The molecule has 2 nitrogen and oxygen atoms in total. The first-order chi connectivity index (χ1) is 4.09. The van der Waals surface area contributed by atoms with Crippen LogP contribution >= 0.6 is 0 Å². The van der Waals surface area contributed by atoms with E-state index in [0.717, 1.165) is 0 Å². The summed E-state index contributed by atoms with van der Waals surface area (Å²) < 4.78 is 11.6. The summed E-state index contributed by atoms with van der Waals surface area (Å²) in [4.78, 5) is 10.1. The Kier molecular flexibility index (Phi) is 2.91. The van der Waals surface area contributed by atoms with Crippen molar-refractivity contribution >= 4 is 5.97 Å². The van der Waals surface area contributed by atoms with Gasteiger partial charge in [-0.25, -0.2) is 9.18 Å². The summed E-state index contributed by atoms with van der Waals surface area (Å²) in [7, 11) is 0. The van der Waals surface area contributed by atoms with Gasteiger partial charge in [0.15, 0.2) is 0 Å². The average molecular weight is 132 g/mol. The highest BCUT2D eigenvalue weighted by molar-refractivity contribution is 5.86. The molecule has 0 saturated carbocycles. The maximum atomic E-state index is 11.6. The summed E-state index contributed by atoms with van der Waals surface area (Å²) in [5, 5.41) is 8.24. The molecule has 0 aliphatic carbocycles. The average Bonchev–Trinajstić information content (AvgIpc) is 1.64. The van der Waals surface area contributed by atoms with E-state index in [1.165, 1.54) is 0 Å². The zero-order valence-corrected chi connectivity index (χ0v) is 5.39. The van der Waals surface area contributed by atoms with Crippen LogP contribution < -0.4 is 0 Å². The maximum absolute atomic E-state index is 11.6. The molecule has 0 aliphatic rings. The van der Waals surface area contributed by atoms with Crippen LogP contribution in [-0.4, -0.2) is 11.1 Å². The van der Waals surface area contributed by atoms with E-state index in [1.54, 1.807) is 13.8 Å². The monoisotopic (exact) mass is 132 g/mol. The van der Waals surface area contributed by atoms with Gasteiger partial charge in [0.2, 0.25) is 0 Å². The number of hydrogen-bond donors (Lipinski definition) is 1. The van der Waals surface area contributed by atoms with Crippen LogP contribution in [0, 0.1) is 5.92 Å². The Balaban J connectivity index is 4.19. The van der Waals surface area contributed by atoms with Gasteiger partial charge in [0.05, 0.1) is 11.9 Å². The Morgan fingerprint density at radius 2 is 2.11 bits per heavy atom. The molecule has 0 atom stereocenters. The van der Waals surface area contributed by atoms with Crippen molar-refractivity contribution in [3.05, 3.63) is 11.9 Å². The van der Waals surface area contributed by atoms with E-state index in [2.05, 4.69) is 0 Å². The zero-order chi connectivity index (χ0) is 7.44. The van der Waals surface area contributed by atoms with Gasteiger partial charge in [-0.05, 0) is 5.92 Å². The van der Waals surface area contributed by atoms with E-state index < -0.39 is 5.97 Å². The zero-order valence-electron chi connectivity index (χ0n) is 5.39. The fraction of sp³-hybridized carbons (Fsp3) is 0.500. The van der Waals surface area contributed by atoms with Crippen molar-refractivity contribution in [1.29, 1.82) is 0 Å². The first-order valence-corrected chi connectivity index (χ1v) is 2.63. The molecule has 52 valence electrons. The van der Waals surface area contributed by atoms with E-state index in [-0.39, 0.29) is 17.8 Å². The van der Waals surface area contributed by atoms with E-state index in [1.807, 2.05) is 0 Å². The highest BCUT2D eigenvalue weighted by Gasteiger charge is 2.10. The number of carbonyl (C=O) groups is 1. The van der Waals surface area contributed by atoms with Crippen LogP contribution in [0.25, 0.3) is 0 Å². The molecule has 0 saturated heterocycles. The number of carboxylic acids is 1. The normalized spacial score (nSPS) is 12.2. The number of carboxylic acid groups (broad SMARTS) is 1. The number of hydrogen-bond acceptors (Lipinski definition) is 1. The van der Waals surface area contributed by atoms with Crippen LogP contribution in [-0.2, 0) is 4.79 Å². The van der Waals surface area contributed by atoms with Gasteiger partial charge in [0.1, 0.15) is 0 Å². The molecule has 9 heavy (non-hydrogen) atoms. The molecule has 0 spiro atoms.